The molecule has 1 aromatic carbocycles. The molecule has 0 saturated carbocycles. The van der Waals surface area contributed by atoms with Crippen LogP contribution in [-0.2, 0) is 6.54 Å². The lowest BCUT2D eigenvalue weighted by molar-refractivity contribution is 0.926. The zero-order valence-electron chi connectivity index (χ0n) is 11.6. The molecule has 0 aliphatic carbocycles. The van der Waals surface area contributed by atoms with Crippen LogP contribution in [0.5, 0.6) is 0 Å². The average molecular weight is 267 g/mol. The molecule has 5 nitrogen and oxygen atoms in total. The van der Waals surface area contributed by atoms with Gasteiger partial charge in [0.15, 0.2) is 5.65 Å². The molecule has 20 heavy (non-hydrogen) atoms. The van der Waals surface area contributed by atoms with Crippen LogP contribution in [0.15, 0.2) is 42.7 Å². The van der Waals surface area contributed by atoms with Gasteiger partial charge in [0.1, 0.15) is 12.1 Å². The van der Waals surface area contributed by atoms with Crippen LogP contribution < -0.4 is 10.6 Å². The number of nitrogens with two attached hydrogens (primary N) is 1. The Hall–Kier alpha value is -2.40. The number of anilines is 2. The second kappa shape index (κ2) is 4.94. The molecule has 0 spiro atoms. The van der Waals surface area contributed by atoms with E-state index in [-0.39, 0.29) is 0 Å². The normalized spacial score (nSPS) is 10.9. The van der Waals surface area contributed by atoms with Crippen LogP contribution >= 0.6 is 0 Å². The van der Waals surface area contributed by atoms with E-state index in [0.29, 0.717) is 6.54 Å². The summed E-state index contributed by atoms with van der Waals surface area (Å²) >= 11 is 0. The van der Waals surface area contributed by atoms with Crippen molar-refractivity contribution in [2.75, 3.05) is 11.9 Å². The minimum atomic E-state index is 0.536. The van der Waals surface area contributed by atoms with Crippen LogP contribution in [0.25, 0.3) is 5.65 Å². The van der Waals surface area contributed by atoms with Crippen molar-refractivity contribution in [3.8, 4) is 0 Å². The first-order valence-corrected chi connectivity index (χ1v) is 6.52. The Kier molecular flexibility index (Phi) is 3.12. The van der Waals surface area contributed by atoms with Gasteiger partial charge in [0.2, 0.25) is 0 Å². The second-order valence-electron chi connectivity index (χ2n) is 4.85. The summed E-state index contributed by atoms with van der Waals surface area (Å²) in [5.41, 5.74) is 9.90. The van der Waals surface area contributed by atoms with Crippen molar-refractivity contribution in [1.29, 1.82) is 0 Å². The van der Waals surface area contributed by atoms with Gasteiger partial charge in [0.25, 0.3) is 0 Å². The fraction of sp³-hybridized carbons (Fsp3) is 0.200. The average Bonchev–Trinajstić information content (AvgIpc) is 2.93. The van der Waals surface area contributed by atoms with Crippen LogP contribution in [0.2, 0.25) is 0 Å². The van der Waals surface area contributed by atoms with E-state index < -0.39 is 0 Å². The fourth-order valence-corrected chi connectivity index (χ4v) is 2.30. The summed E-state index contributed by atoms with van der Waals surface area (Å²) in [5.74, 6) is 0.978. The Labute approximate surface area is 117 Å². The third-order valence-corrected chi connectivity index (χ3v) is 3.38. The topological polar surface area (TPSA) is 59.5 Å². The molecule has 102 valence electrons. The van der Waals surface area contributed by atoms with Crippen LogP contribution in [0.1, 0.15) is 11.1 Å². The molecule has 2 N–H and O–H groups in total. The smallest absolute Gasteiger partial charge is 0.157 e. The lowest BCUT2D eigenvalue weighted by atomic mass is 10.2. The first kappa shape index (κ1) is 12.6. The van der Waals surface area contributed by atoms with Crippen LogP contribution in [0.4, 0.5) is 11.5 Å². The largest absolute Gasteiger partial charge is 0.329 e. The number of pyridine rings is 1. The van der Waals surface area contributed by atoms with E-state index in [9.17, 15) is 0 Å². The zero-order chi connectivity index (χ0) is 14.1. The minimum Gasteiger partial charge on any atom is -0.329 e. The van der Waals surface area contributed by atoms with E-state index in [2.05, 4.69) is 40.1 Å². The van der Waals surface area contributed by atoms with Crippen molar-refractivity contribution in [2.45, 2.75) is 13.5 Å². The van der Waals surface area contributed by atoms with Gasteiger partial charge in [-0.3, -0.25) is 0 Å². The Morgan fingerprint density at radius 2 is 2.10 bits per heavy atom. The summed E-state index contributed by atoms with van der Waals surface area (Å²) in [7, 11) is 2.02. The van der Waals surface area contributed by atoms with Gasteiger partial charge in [-0.25, -0.2) is 4.98 Å². The van der Waals surface area contributed by atoms with Crippen molar-refractivity contribution in [2.24, 2.45) is 5.73 Å². The first-order valence-electron chi connectivity index (χ1n) is 6.52. The maximum absolute atomic E-state index is 5.71. The molecule has 0 bridgehead atoms. The quantitative estimate of drug-likeness (QED) is 0.790. The molecule has 3 rings (SSSR count). The summed E-state index contributed by atoms with van der Waals surface area (Å²) in [6, 6.07) is 12.3. The van der Waals surface area contributed by atoms with Gasteiger partial charge in [-0.1, -0.05) is 12.1 Å². The SMILES string of the molecule is Cc1cc(N(C)c2cccc(CN)c2)n2ncnc2c1. The molecule has 0 aliphatic heterocycles. The van der Waals surface area contributed by atoms with Gasteiger partial charge < -0.3 is 10.6 Å². The fourth-order valence-electron chi connectivity index (χ4n) is 2.30. The maximum atomic E-state index is 5.71. The Bertz CT molecular complexity index is 747. The van der Waals surface area contributed by atoms with Crippen LogP contribution in [0.3, 0.4) is 0 Å². The lowest BCUT2D eigenvalue weighted by Crippen LogP contribution is -2.14. The molecule has 5 heteroatoms. The van der Waals surface area contributed by atoms with Crippen LogP contribution in [-0.4, -0.2) is 21.6 Å². The molecule has 0 saturated heterocycles. The van der Waals surface area contributed by atoms with Crippen molar-refractivity contribution < 1.29 is 0 Å². The van der Waals surface area contributed by atoms with Gasteiger partial charge in [0.05, 0.1) is 0 Å². The highest BCUT2D eigenvalue weighted by Gasteiger charge is 2.10. The van der Waals surface area contributed by atoms with Crippen molar-refractivity contribution in [3.63, 3.8) is 0 Å². The van der Waals surface area contributed by atoms with E-state index in [4.69, 9.17) is 5.73 Å². The highest BCUT2D eigenvalue weighted by atomic mass is 15.4. The van der Waals surface area contributed by atoms with Gasteiger partial charge in [-0.15, -0.1) is 0 Å². The maximum Gasteiger partial charge on any atom is 0.157 e. The molecule has 0 unspecified atom stereocenters. The molecule has 2 aromatic heterocycles. The predicted octanol–water partition coefficient (Wildman–Crippen LogP) is 2.26. The highest BCUT2D eigenvalue weighted by Crippen LogP contribution is 2.25. The van der Waals surface area contributed by atoms with Crippen molar-refractivity contribution in [1.82, 2.24) is 14.6 Å². The number of nitrogens with zero attached hydrogens (tertiary/aromatic N) is 4. The summed E-state index contributed by atoms with van der Waals surface area (Å²) in [6.07, 6.45) is 1.57. The number of benzene rings is 1. The molecule has 0 radical (unpaired) electrons. The van der Waals surface area contributed by atoms with E-state index in [1.807, 2.05) is 29.8 Å². The molecule has 0 aliphatic rings. The van der Waals surface area contributed by atoms with E-state index in [1.165, 1.54) is 0 Å². The molecule has 0 atom stereocenters. The second-order valence-corrected chi connectivity index (χ2v) is 4.85. The Morgan fingerprint density at radius 3 is 2.90 bits per heavy atom. The van der Waals surface area contributed by atoms with Gasteiger partial charge in [-0.2, -0.15) is 9.61 Å². The number of aryl methyl sites for hydroxylation is 1. The van der Waals surface area contributed by atoms with Crippen LogP contribution in [0, 0.1) is 6.92 Å². The Balaban J connectivity index is 2.11. The third kappa shape index (κ3) is 2.12. The standard InChI is InChI=1S/C15H17N5/c1-11-6-14-17-10-18-20(14)15(7-11)19(2)13-5-3-4-12(8-13)9-16/h3-8,10H,9,16H2,1-2H3. The summed E-state index contributed by atoms with van der Waals surface area (Å²) in [4.78, 5) is 6.35. The number of hydrogen-bond acceptors (Lipinski definition) is 4. The highest BCUT2D eigenvalue weighted by molar-refractivity contribution is 5.63. The summed E-state index contributed by atoms with van der Waals surface area (Å²) in [6.45, 7) is 2.59. The first-order chi connectivity index (χ1) is 9.69. The van der Waals surface area contributed by atoms with Gasteiger partial charge >= 0.3 is 0 Å². The number of hydrogen-bond donors (Lipinski definition) is 1. The monoisotopic (exact) mass is 267 g/mol. The van der Waals surface area contributed by atoms with Gasteiger partial charge in [0, 0.05) is 19.3 Å². The van der Waals surface area contributed by atoms with E-state index in [1.54, 1.807) is 6.33 Å². The predicted molar refractivity (Wildman–Crippen MR) is 80.1 cm³/mol. The summed E-state index contributed by atoms with van der Waals surface area (Å²) < 4.78 is 1.84. The molecular formula is C15H17N5. The molecule has 0 fully saturated rings. The molecule has 0 amide bonds. The number of rotatable bonds is 3. The number of fused-ring (bicyclic) bond motifs is 1. The van der Waals surface area contributed by atoms with E-state index in [0.717, 1.165) is 28.3 Å². The third-order valence-electron chi connectivity index (χ3n) is 3.38. The zero-order valence-corrected chi connectivity index (χ0v) is 11.6. The molecular weight excluding hydrogens is 250 g/mol. The lowest BCUT2D eigenvalue weighted by Gasteiger charge is -2.21. The van der Waals surface area contributed by atoms with Crippen molar-refractivity contribution >= 4 is 17.2 Å². The van der Waals surface area contributed by atoms with E-state index >= 15 is 0 Å². The minimum absolute atomic E-state index is 0.536. The Morgan fingerprint density at radius 1 is 1.25 bits per heavy atom. The van der Waals surface area contributed by atoms with Crippen molar-refractivity contribution in [3.05, 3.63) is 53.9 Å². The number of aromatic nitrogens is 3. The summed E-state index contributed by atoms with van der Waals surface area (Å²) in [5, 5.41) is 4.29. The molecule has 2 heterocycles. The van der Waals surface area contributed by atoms with Gasteiger partial charge in [-0.05, 0) is 42.3 Å². The molecule has 3 aromatic rings.